The highest BCUT2D eigenvalue weighted by Crippen LogP contribution is 2.38. The second-order valence-electron chi connectivity index (χ2n) is 14.0. The fourth-order valence-electron chi connectivity index (χ4n) is 5.99. The number of urea groups is 1. The number of amides is 3. The van der Waals surface area contributed by atoms with Gasteiger partial charge in [-0.25, -0.2) is 24.4 Å². The summed E-state index contributed by atoms with van der Waals surface area (Å²) in [5.74, 6) is -1.18. The molecule has 2 atom stereocenters. The van der Waals surface area contributed by atoms with E-state index in [0.717, 1.165) is 5.56 Å². The summed E-state index contributed by atoms with van der Waals surface area (Å²) in [5, 5.41) is 31.2. The van der Waals surface area contributed by atoms with Crippen molar-refractivity contribution in [2.45, 2.75) is 60.2 Å². The average molecular weight is 741 g/mol. The molecule has 13 nitrogen and oxygen atoms in total. The third-order valence-corrected chi connectivity index (χ3v) is 9.68. The van der Waals surface area contributed by atoms with Gasteiger partial charge in [-0.3, -0.25) is 10.1 Å². The number of pyridine rings is 2. The van der Waals surface area contributed by atoms with E-state index in [9.17, 15) is 29.4 Å². The summed E-state index contributed by atoms with van der Waals surface area (Å²) in [7, 11) is 0. The van der Waals surface area contributed by atoms with Crippen molar-refractivity contribution in [2.24, 2.45) is 11.3 Å². The number of thiazole rings is 1. The molecule has 5 aromatic rings. The molecule has 14 heteroatoms. The molecule has 278 valence electrons. The smallest absolute Gasteiger partial charge is 0.408 e. The Bertz CT molecular complexity index is 2180. The number of alkyl carbamates (subject to hydrolysis) is 1. The Balaban J connectivity index is 1.59. The van der Waals surface area contributed by atoms with Crippen molar-refractivity contribution in [2.75, 3.05) is 18.5 Å². The van der Waals surface area contributed by atoms with Crippen LogP contribution in [0.2, 0.25) is 0 Å². The van der Waals surface area contributed by atoms with Gasteiger partial charge in [-0.15, -0.1) is 11.3 Å². The minimum absolute atomic E-state index is 0.0527. The van der Waals surface area contributed by atoms with Crippen molar-refractivity contribution in [3.8, 4) is 21.7 Å². The third-order valence-electron chi connectivity index (χ3n) is 8.79. The Kier molecular flexibility index (Phi) is 11.9. The number of carboxylic acid groups (broad SMARTS) is 1. The lowest BCUT2D eigenvalue weighted by Gasteiger charge is -2.32. The topological polar surface area (TPSA) is 185 Å². The third kappa shape index (κ3) is 8.90. The fraction of sp³-hybridized carbons (Fsp3) is 0.333. The molecule has 0 aliphatic carbocycles. The minimum Gasteiger partial charge on any atom is -0.477 e. The lowest BCUT2D eigenvalue weighted by Crippen LogP contribution is -2.32. The van der Waals surface area contributed by atoms with Crippen LogP contribution < -0.4 is 21.4 Å². The monoisotopic (exact) mass is 740 g/mol. The van der Waals surface area contributed by atoms with Crippen LogP contribution >= 0.6 is 11.3 Å². The highest BCUT2D eigenvalue weighted by atomic mass is 32.1. The summed E-state index contributed by atoms with van der Waals surface area (Å²) in [4.78, 5) is 60.6. The second kappa shape index (κ2) is 16.4. The zero-order valence-electron chi connectivity index (χ0n) is 30.5. The van der Waals surface area contributed by atoms with Crippen LogP contribution in [-0.4, -0.2) is 56.0 Å². The number of carbonyl (C=O) groups is 3. The van der Waals surface area contributed by atoms with Crippen LogP contribution in [0, 0.1) is 11.3 Å². The van der Waals surface area contributed by atoms with Crippen LogP contribution in [0.15, 0.2) is 77.2 Å². The number of hydrogen-bond donors (Lipinski definition) is 5. The van der Waals surface area contributed by atoms with Crippen molar-refractivity contribution >= 4 is 46.2 Å². The molecule has 5 N–H and O–H groups in total. The van der Waals surface area contributed by atoms with Gasteiger partial charge in [-0.05, 0) is 47.6 Å². The van der Waals surface area contributed by atoms with Gasteiger partial charge in [-0.1, -0.05) is 71.0 Å². The number of nitrogens with one attached hydrogen (secondary N) is 3. The maximum Gasteiger partial charge on any atom is 0.408 e. The number of anilines is 1. The summed E-state index contributed by atoms with van der Waals surface area (Å²) in [6, 6.07) is 14.7. The van der Waals surface area contributed by atoms with E-state index in [2.05, 4.69) is 20.9 Å². The standard InChI is InChI=1S/C39H44N6O7S/c1-7-40-37(50)43-32-16-25(35-42-29(21-53-35)33(22(2)3)44-38(51)52-20-23-11-9-8-10-12-23)27(17-41-32)24-13-14-30-26(15-24)34(47)28(36(48)49)18-45(30)31(19-46)39(4,5)6/h8-18,21-22,31,33,46H,7,19-20H2,1-6H3,(H,44,51)(H,48,49)(H2,40,41,43,50). The highest BCUT2D eigenvalue weighted by molar-refractivity contribution is 7.13. The molecule has 2 unspecified atom stereocenters. The lowest BCUT2D eigenvalue weighted by molar-refractivity contribution is 0.0692. The molecule has 0 saturated heterocycles. The highest BCUT2D eigenvalue weighted by Gasteiger charge is 2.29. The quantitative estimate of drug-likeness (QED) is 0.0880. The van der Waals surface area contributed by atoms with E-state index in [1.807, 2.05) is 70.3 Å². The summed E-state index contributed by atoms with van der Waals surface area (Å²) in [5.41, 5.74) is 2.05. The summed E-state index contributed by atoms with van der Waals surface area (Å²) in [6.07, 6.45) is 2.27. The molecule has 3 heterocycles. The zero-order valence-corrected chi connectivity index (χ0v) is 31.3. The number of ether oxygens (including phenoxy) is 1. The van der Waals surface area contributed by atoms with Crippen molar-refractivity contribution < 1.29 is 29.3 Å². The molecule has 53 heavy (non-hydrogen) atoms. The van der Waals surface area contributed by atoms with Crippen LogP contribution in [0.3, 0.4) is 0 Å². The number of carbonyl (C=O) groups excluding carboxylic acids is 2. The first-order valence-electron chi connectivity index (χ1n) is 17.2. The van der Waals surface area contributed by atoms with Gasteiger partial charge in [0.15, 0.2) is 0 Å². The molecule has 0 fully saturated rings. The van der Waals surface area contributed by atoms with Gasteiger partial charge in [0.25, 0.3) is 0 Å². The van der Waals surface area contributed by atoms with E-state index < -0.39 is 46.6 Å². The predicted octanol–water partition coefficient (Wildman–Crippen LogP) is 7.23. The number of aromatic carboxylic acids is 1. The van der Waals surface area contributed by atoms with E-state index >= 15 is 0 Å². The molecule has 5 rings (SSSR count). The molecule has 0 saturated carbocycles. The zero-order chi connectivity index (χ0) is 38.4. The number of aliphatic hydroxyl groups excluding tert-OH is 1. The second-order valence-corrected chi connectivity index (χ2v) is 14.8. The Hall–Kier alpha value is -5.60. The van der Waals surface area contributed by atoms with Gasteiger partial charge in [0, 0.05) is 40.8 Å². The van der Waals surface area contributed by atoms with Crippen LogP contribution in [0.4, 0.5) is 15.4 Å². The Morgan fingerprint density at radius 2 is 1.77 bits per heavy atom. The van der Waals surface area contributed by atoms with Crippen molar-refractivity contribution in [1.29, 1.82) is 0 Å². The summed E-state index contributed by atoms with van der Waals surface area (Å²) < 4.78 is 7.13. The predicted molar refractivity (Wildman–Crippen MR) is 205 cm³/mol. The van der Waals surface area contributed by atoms with E-state index in [4.69, 9.17) is 9.72 Å². The van der Waals surface area contributed by atoms with E-state index in [1.54, 1.807) is 42.0 Å². The van der Waals surface area contributed by atoms with Crippen molar-refractivity contribution in [3.05, 3.63) is 99.4 Å². The van der Waals surface area contributed by atoms with Gasteiger partial charge in [0.1, 0.15) is 23.0 Å². The Morgan fingerprint density at radius 3 is 2.42 bits per heavy atom. The van der Waals surface area contributed by atoms with E-state index in [1.165, 1.54) is 17.5 Å². The molecular formula is C39H44N6O7S. The molecule has 0 aliphatic rings. The molecule has 0 radical (unpaired) electrons. The molecule has 0 bridgehead atoms. The van der Waals surface area contributed by atoms with Gasteiger partial charge in [0.2, 0.25) is 5.43 Å². The van der Waals surface area contributed by atoms with E-state index in [0.29, 0.717) is 39.5 Å². The number of fused-ring (bicyclic) bond motifs is 1. The molecule has 2 aromatic carbocycles. The van der Waals surface area contributed by atoms with Crippen LogP contribution in [0.1, 0.15) is 75.2 Å². The van der Waals surface area contributed by atoms with Gasteiger partial charge in [0.05, 0.1) is 29.9 Å². The number of benzene rings is 2. The van der Waals surface area contributed by atoms with Gasteiger partial charge >= 0.3 is 18.1 Å². The van der Waals surface area contributed by atoms with E-state index in [-0.39, 0.29) is 30.3 Å². The first kappa shape index (κ1) is 38.6. The summed E-state index contributed by atoms with van der Waals surface area (Å²) >= 11 is 1.33. The molecule has 3 amide bonds. The first-order valence-corrected chi connectivity index (χ1v) is 18.1. The first-order chi connectivity index (χ1) is 25.2. The van der Waals surface area contributed by atoms with Crippen molar-refractivity contribution in [3.63, 3.8) is 0 Å². The SMILES string of the molecule is CCNC(=O)Nc1cc(-c2nc(C(NC(=O)OCc3ccccc3)C(C)C)cs2)c(-c2ccc3c(c2)c(=O)c(C(=O)O)cn3C(CO)C(C)(C)C)cn1. The largest absolute Gasteiger partial charge is 0.477 e. The fourth-order valence-corrected chi connectivity index (χ4v) is 6.88. The number of carboxylic acids is 1. The van der Waals surface area contributed by atoms with Crippen LogP contribution in [0.5, 0.6) is 0 Å². The maximum atomic E-state index is 13.6. The Morgan fingerprint density at radius 1 is 1.04 bits per heavy atom. The number of nitrogens with zero attached hydrogens (tertiary/aromatic N) is 3. The molecule has 0 aliphatic heterocycles. The van der Waals surface area contributed by atoms with Crippen LogP contribution in [0.25, 0.3) is 32.6 Å². The number of rotatable bonds is 12. The van der Waals surface area contributed by atoms with Gasteiger partial charge in [-0.2, -0.15) is 0 Å². The normalized spacial score (nSPS) is 12.7. The molecule has 0 spiro atoms. The average Bonchev–Trinajstić information content (AvgIpc) is 3.60. The maximum absolute atomic E-state index is 13.6. The Labute approximate surface area is 311 Å². The number of aliphatic hydroxyl groups is 1. The van der Waals surface area contributed by atoms with Crippen molar-refractivity contribution in [1.82, 2.24) is 25.2 Å². The minimum atomic E-state index is -1.38. The lowest BCUT2D eigenvalue weighted by atomic mass is 9.86. The molecule has 3 aromatic heterocycles. The number of aromatic nitrogens is 3. The number of hydrogen-bond acceptors (Lipinski definition) is 9. The van der Waals surface area contributed by atoms with Crippen LogP contribution in [-0.2, 0) is 11.3 Å². The van der Waals surface area contributed by atoms with Gasteiger partial charge < -0.3 is 30.2 Å². The molecular weight excluding hydrogens is 697 g/mol. The summed E-state index contributed by atoms with van der Waals surface area (Å²) in [6.45, 7) is 11.7.